The van der Waals surface area contributed by atoms with Crippen LogP contribution in [0.1, 0.15) is 41.0 Å². The maximum Gasteiger partial charge on any atom is 0.192 e. The Kier molecular flexibility index (Phi) is 5.79. The number of hydrogen-bond donors (Lipinski definition) is 1. The second-order valence-corrected chi connectivity index (χ2v) is 13.2. The number of hydrogen-bond acceptors (Lipinski definition) is 4. The molecule has 0 saturated heterocycles. The van der Waals surface area contributed by atoms with Crippen LogP contribution in [0.2, 0.25) is 18.1 Å². The van der Waals surface area contributed by atoms with Gasteiger partial charge in [-0.25, -0.2) is 0 Å². The van der Waals surface area contributed by atoms with E-state index < -0.39 is 8.32 Å². The first-order chi connectivity index (χ1) is 11.5. The van der Waals surface area contributed by atoms with Crippen molar-refractivity contribution in [3.05, 3.63) is 30.5 Å². The van der Waals surface area contributed by atoms with Crippen molar-refractivity contribution in [1.82, 2.24) is 4.98 Å². The molecule has 0 aliphatic carbocycles. The molecule has 0 saturated carbocycles. The molecule has 4 nitrogen and oxygen atoms in total. The Morgan fingerprint density at radius 1 is 1.16 bits per heavy atom. The number of nitrogen functional groups attached to an aromatic ring is 1. The van der Waals surface area contributed by atoms with E-state index in [1.54, 1.807) is 6.20 Å². The summed E-state index contributed by atoms with van der Waals surface area (Å²) in [4.78, 5) is 4.37. The van der Waals surface area contributed by atoms with Gasteiger partial charge in [0.05, 0.1) is 17.3 Å². The Morgan fingerprint density at radius 3 is 2.48 bits per heavy atom. The highest BCUT2D eigenvalue weighted by Crippen LogP contribution is 2.38. The SMILES string of the molecule is CC(CC(C)O[Si](C)(C)C(C)(C)C)Oc1cc2ncccc2cc1N. The molecule has 5 heteroatoms. The predicted octanol–water partition coefficient (Wildman–Crippen LogP) is 5.38. The van der Waals surface area contributed by atoms with Crippen LogP contribution in [-0.4, -0.2) is 25.5 Å². The molecule has 138 valence electrons. The molecule has 0 spiro atoms. The van der Waals surface area contributed by atoms with Gasteiger partial charge >= 0.3 is 0 Å². The molecular formula is C20H32N2O2Si. The first-order valence-electron chi connectivity index (χ1n) is 8.98. The van der Waals surface area contributed by atoms with Gasteiger partial charge in [-0.15, -0.1) is 0 Å². The largest absolute Gasteiger partial charge is 0.488 e. The third-order valence-electron chi connectivity index (χ3n) is 5.03. The van der Waals surface area contributed by atoms with E-state index >= 15 is 0 Å². The summed E-state index contributed by atoms with van der Waals surface area (Å²) in [6, 6.07) is 7.74. The van der Waals surface area contributed by atoms with E-state index in [9.17, 15) is 0 Å². The molecule has 2 N–H and O–H groups in total. The first-order valence-corrected chi connectivity index (χ1v) is 11.9. The van der Waals surface area contributed by atoms with E-state index in [0.29, 0.717) is 11.4 Å². The summed E-state index contributed by atoms with van der Waals surface area (Å²) in [7, 11) is -1.76. The fourth-order valence-electron chi connectivity index (χ4n) is 2.68. The average Bonchev–Trinajstić information content (AvgIpc) is 2.46. The van der Waals surface area contributed by atoms with Crippen molar-refractivity contribution in [2.24, 2.45) is 0 Å². The number of pyridine rings is 1. The highest BCUT2D eigenvalue weighted by Gasteiger charge is 2.38. The summed E-state index contributed by atoms with van der Waals surface area (Å²) in [5.41, 5.74) is 7.68. The monoisotopic (exact) mass is 360 g/mol. The Bertz CT molecular complexity index is 725. The topological polar surface area (TPSA) is 57.4 Å². The van der Waals surface area contributed by atoms with E-state index in [0.717, 1.165) is 17.3 Å². The van der Waals surface area contributed by atoms with Gasteiger partial charge in [0.25, 0.3) is 0 Å². The molecule has 1 aromatic carbocycles. The quantitative estimate of drug-likeness (QED) is 0.554. The van der Waals surface area contributed by atoms with E-state index in [1.165, 1.54) is 0 Å². The lowest BCUT2D eigenvalue weighted by Crippen LogP contribution is -2.44. The highest BCUT2D eigenvalue weighted by molar-refractivity contribution is 6.74. The Hall–Kier alpha value is -1.59. The fourth-order valence-corrected chi connectivity index (χ4v) is 4.14. The lowest BCUT2D eigenvalue weighted by Gasteiger charge is -2.39. The van der Waals surface area contributed by atoms with Gasteiger partial charge in [0.1, 0.15) is 5.75 Å². The van der Waals surface area contributed by atoms with Crippen LogP contribution in [0.4, 0.5) is 5.69 Å². The molecule has 2 unspecified atom stereocenters. The van der Waals surface area contributed by atoms with Crippen LogP contribution in [-0.2, 0) is 4.43 Å². The molecule has 2 aromatic rings. The van der Waals surface area contributed by atoms with Crippen molar-refractivity contribution in [2.75, 3.05) is 5.73 Å². The van der Waals surface area contributed by atoms with Gasteiger partial charge in [0.15, 0.2) is 8.32 Å². The second-order valence-electron chi connectivity index (χ2n) is 8.44. The van der Waals surface area contributed by atoms with Gasteiger partial charge < -0.3 is 14.9 Å². The van der Waals surface area contributed by atoms with Crippen LogP contribution in [0.3, 0.4) is 0 Å². The number of ether oxygens (including phenoxy) is 1. The van der Waals surface area contributed by atoms with Crippen LogP contribution >= 0.6 is 0 Å². The molecular weight excluding hydrogens is 328 g/mol. The van der Waals surface area contributed by atoms with Gasteiger partial charge in [-0.1, -0.05) is 26.8 Å². The summed E-state index contributed by atoms with van der Waals surface area (Å²) in [5, 5.41) is 1.23. The normalized spacial score (nSPS) is 15.2. The summed E-state index contributed by atoms with van der Waals surface area (Å²) < 4.78 is 12.5. The van der Waals surface area contributed by atoms with Gasteiger partial charge in [-0.3, -0.25) is 4.98 Å². The minimum absolute atomic E-state index is 0.0169. The van der Waals surface area contributed by atoms with E-state index in [1.807, 2.05) is 24.3 Å². The van der Waals surface area contributed by atoms with Crippen molar-refractivity contribution in [1.29, 1.82) is 0 Å². The number of nitrogens with two attached hydrogens (primary N) is 1. The molecule has 0 radical (unpaired) electrons. The molecule has 0 amide bonds. The van der Waals surface area contributed by atoms with Gasteiger partial charge in [-0.05, 0) is 44.1 Å². The van der Waals surface area contributed by atoms with Crippen LogP contribution in [0.5, 0.6) is 5.75 Å². The summed E-state index contributed by atoms with van der Waals surface area (Å²) >= 11 is 0. The van der Waals surface area contributed by atoms with Gasteiger partial charge in [0.2, 0.25) is 0 Å². The first kappa shape index (κ1) is 19.7. The van der Waals surface area contributed by atoms with Crippen LogP contribution in [0, 0.1) is 0 Å². The van der Waals surface area contributed by atoms with Crippen molar-refractivity contribution < 1.29 is 9.16 Å². The van der Waals surface area contributed by atoms with Gasteiger partial charge in [-0.2, -0.15) is 0 Å². The number of nitrogens with zero attached hydrogens (tertiary/aromatic N) is 1. The maximum absolute atomic E-state index is 6.43. The van der Waals surface area contributed by atoms with Crippen molar-refractivity contribution in [3.8, 4) is 5.75 Å². The molecule has 0 aliphatic rings. The van der Waals surface area contributed by atoms with E-state index in [-0.39, 0.29) is 17.2 Å². The lowest BCUT2D eigenvalue weighted by molar-refractivity contribution is 0.121. The minimum Gasteiger partial charge on any atom is -0.488 e. The smallest absolute Gasteiger partial charge is 0.192 e. The summed E-state index contributed by atoms with van der Waals surface area (Å²) in [5.74, 6) is 0.693. The maximum atomic E-state index is 6.43. The Morgan fingerprint density at radius 2 is 1.84 bits per heavy atom. The number of fused-ring (bicyclic) bond motifs is 1. The number of benzene rings is 1. The number of aromatic nitrogens is 1. The predicted molar refractivity (Wildman–Crippen MR) is 109 cm³/mol. The summed E-state index contributed by atoms with van der Waals surface area (Å²) in [6.07, 6.45) is 2.77. The van der Waals surface area contributed by atoms with Crippen molar-refractivity contribution in [3.63, 3.8) is 0 Å². The zero-order valence-corrected chi connectivity index (χ0v) is 17.6. The minimum atomic E-state index is -1.76. The summed E-state index contributed by atoms with van der Waals surface area (Å²) in [6.45, 7) is 15.5. The second kappa shape index (κ2) is 7.34. The van der Waals surface area contributed by atoms with Crippen molar-refractivity contribution in [2.45, 2.75) is 71.4 Å². The zero-order chi connectivity index (χ0) is 18.8. The third kappa shape index (κ3) is 4.95. The Balaban J connectivity index is 2.02. The molecule has 0 fully saturated rings. The molecule has 2 rings (SSSR count). The molecule has 0 bridgehead atoms. The zero-order valence-electron chi connectivity index (χ0n) is 16.6. The van der Waals surface area contributed by atoms with Crippen LogP contribution in [0.15, 0.2) is 30.5 Å². The van der Waals surface area contributed by atoms with Gasteiger partial charge in [0, 0.05) is 30.2 Å². The molecule has 1 heterocycles. The third-order valence-corrected chi connectivity index (χ3v) is 9.63. The van der Waals surface area contributed by atoms with E-state index in [2.05, 4.69) is 52.7 Å². The highest BCUT2D eigenvalue weighted by atomic mass is 28.4. The Labute approximate surface area is 152 Å². The molecule has 25 heavy (non-hydrogen) atoms. The van der Waals surface area contributed by atoms with Crippen LogP contribution < -0.4 is 10.5 Å². The fraction of sp³-hybridized carbons (Fsp3) is 0.550. The van der Waals surface area contributed by atoms with Crippen molar-refractivity contribution >= 4 is 24.9 Å². The lowest BCUT2D eigenvalue weighted by atomic mass is 10.1. The van der Waals surface area contributed by atoms with E-state index in [4.69, 9.17) is 14.9 Å². The molecule has 2 atom stereocenters. The van der Waals surface area contributed by atoms with Crippen LogP contribution in [0.25, 0.3) is 10.9 Å². The average molecular weight is 361 g/mol. The molecule has 1 aromatic heterocycles. The standard InChI is InChI=1S/C20H32N2O2Si/c1-14(11-15(2)24-25(6,7)20(3,4)5)23-19-13-18-16(12-17(19)21)9-8-10-22-18/h8-10,12-15H,11,21H2,1-7H3. The number of rotatable bonds is 6. The number of anilines is 1. The molecule has 0 aliphatic heterocycles.